The fourth-order valence-corrected chi connectivity index (χ4v) is 3.33. The average Bonchev–Trinajstić information content (AvgIpc) is 2.30. The predicted molar refractivity (Wildman–Crippen MR) is 74.6 cm³/mol. The van der Waals surface area contributed by atoms with Crippen molar-refractivity contribution in [2.45, 2.75) is 58.7 Å². The van der Waals surface area contributed by atoms with Crippen molar-refractivity contribution in [3.05, 3.63) is 0 Å². The van der Waals surface area contributed by atoms with E-state index in [1.807, 2.05) is 0 Å². The molecule has 0 heterocycles. The van der Waals surface area contributed by atoms with Crippen LogP contribution >= 0.6 is 0 Å². The van der Waals surface area contributed by atoms with Gasteiger partial charge in [-0.2, -0.15) is 13.2 Å². The van der Waals surface area contributed by atoms with E-state index < -0.39 is 12.8 Å². The molecule has 1 saturated carbocycles. The lowest BCUT2D eigenvalue weighted by atomic mass is 9.74. The zero-order valence-electron chi connectivity index (χ0n) is 12.8. The van der Waals surface area contributed by atoms with Crippen LogP contribution in [0.5, 0.6) is 0 Å². The second kappa shape index (κ2) is 8.23. The van der Waals surface area contributed by atoms with Gasteiger partial charge in [0.2, 0.25) is 0 Å². The van der Waals surface area contributed by atoms with Gasteiger partial charge in [-0.15, -0.1) is 0 Å². The van der Waals surface area contributed by atoms with E-state index in [1.54, 1.807) is 0 Å². The largest absolute Gasteiger partial charge is 0.411 e. The highest BCUT2D eigenvalue weighted by molar-refractivity contribution is 4.84. The molecule has 0 aromatic carbocycles. The van der Waals surface area contributed by atoms with Gasteiger partial charge in [0.25, 0.3) is 0 Å². The Morgan fingerprint density at radius 3 is 2.25 bits per heavy atom. The fraction of sp³-hybridized carbons (Fsp3) is 1.00. The summed E-state index contributed by atoms with van der Waals surface area (Å²) in [6, 6.07) is 0.0440. The number of halogens is 3. The van der Waals surface area contributed by atoms with E-state index in [1.165, 1.54) is 6.42 Å². The van der Waals surface area contributed by atoms with E-state index in [4.69, 9.17) is 4.74 Å². The molecule has 0 radical (unpaired) electrons. The summed E-state index contributed by atoms with van der Waals surface area (Å²) in [5, 5.41) is 3.37. The summed E-state index contributed by atoms with van der Waals surface area (Å²) in [6.07, 6.45) is 0.138. The molecule has 1 rings (SSSR count). The minimum Gasteiger partial charge on any atom is -0.370 e. The molecular weight excluding hydrogens is 267 g/mol. The van der Waals surface area contributed by atoms with Crippen LogP contribution in [0.25, 0.3) is 0 Å². The van der Waals surface area contributed by atoms with E-state index in [-0.39, 0.29) is 12.6 Å². The van der Waals surface area contributed by atoms with Crippen LogP contribution in [0.1, 0.15) is 46.5 Å². The van der Waals surface area contributed by atoms with Gasteiger partial charge in [-0.3, -0.25) is 0 Å². The van der Waals surface area contributed by atoms with Crippen molar-refractivity contribution >= 4 is 0 Å². The lowest BCUT2D eigenvalue weighted by Crippen LogP contribution is -2.43. The van der Waals surface area contributed by atoms with Gasteiger partial charge < -0.3 is 10.1 Å². The molecule has 5 heteroatoms. The molecule has 120 valence electrons. The molecule has 0 aromatic heterocycles. The van der Waals surface area contributed by atoms with Crippen LogP contribution in [0.2, 0.25) is 0 Å². The van der Waals surface area contributed by atoms with Crippen LogP contribution in [0.4, 0.5) is 13.2 Å². The van der Waals surface area contributed by atoms with Gasteiger partial charge in [0.15, 0.2) is 0 Å². The second-order valence-electron chi connectivity index (χ2n) is 6.37. The quantitative estimate of drug-likeness (QED) is 0.766. The molecule has 1 aliphatic carbocycles. The van der Waals surface area contributed by atoms with Crippen LogP contribution in [-0.2, 0) is 4.74 Å². The topological polar surface area (TPSA) is 21.3 Å². The minimum absolute atomic E-state index is 0.0440. The van der Waals surface area contributed by atoms with E-state index in [0.29, 0.717) is 17.8 Å². The molecule has 0 amide bonds. The van der Waals surface area contributed by atoms with Gasteiger partial charge in [0, 0.05) is 6.04 Å². The molecule has 3 atom stereocenters. The van der Waals surface area contributed by atoms with Gasteiger partial charge in [0.1, 0.15) is 6.61 Å². The molecule has 20 heavy (non-hydrogen) atoms. The number of hydrogen-bond acceptors (Lipinski definition) is 2. The summed E-state index contributed by atoms with van der Waals surface area (Å²) in [4.78, 5) is 0. The lowest BCUT2D eigenvalue weighted by molar-refractivity contribution is -0.176. The Hall–Kier alpha value is -0.290. The third-order valence-corrected chi connectivity index (χ3v) is 4.00. The summed E-state index contributed by atoms with van der Waals surface area (Å²) < 4.78 is 41.4. The summed E-state index contributed by atoms with van der Waals surface area (Å²) in [5.74, 6) is 1.73. The Balaban J connectivity index is 2.49. The van der Waals surface area contributed by atoms with Crippen molar-refractivity contribution in [3.63, 3.8) is 0 Å². The molecular formula is C15H28F3NO. The van der Waals surface area contributed by atoms with Crippen molar-refractivity contribution in [3.8, 4) is 0 Å². The van der Waals surface area contributed by atoms with E-state index in [2.05, 4.69) is 26.1 Å². The van der Waals surface area contributed by atoms with Gasteiger partial charge >= 0.3 is 6.18 Å². The molecule has 0 aliphatic heterocycles. The van der Waals surface area contributed by atoms with Crippen LogP contribution in [0.15, 0.2) is 0 Å². The number of alkyl halides is 3. The Labute approximate surface area is 120 Å². The van der Waals surface area contributed by atoms with E-state index >= 15 is 0 Å². The zero-order valence-corrected chi connectivity index (χ0v) is 12.8. The average molecular weight is 295 g/mol. The maximum absolute atomic E-state index is 12.2. The molecule has 0 spiro atoms. The standard InChI is InChI=1S/C15H28F3NO/c1-4-5-19-14(9-20-10-15(16,17)18)13-7-11(2)6-12(3)8-13/h11-14,19H,4-10H2,1-3H3. The van der Waals surface area contributed by atoms with Gasteiger partial charge in [-0.25, -0.2) is 0 Å². The van der Waals surface area contributed by atoms with E-state index in [9.17, 15) is 13.2 Å². The van der Waals surface area contributed by atoms with Crippen molar-refractivity contribution in [2.24, 2.45) is 17.8 Å². The second-order valence-corrected chi connectivity index (χ2v) is 6.37. The number of ether oxygens (including phenoxy) is 1. The highest BCUT2D eigenvalue weighted by Gasteiger charge is 2.32. The van der Waals surface area contributed by atoms with Crippen LogP contribution in [0, 0.1) is 17.8 Å². The number of nitrogens with one attached hydrogen (secondary N) is 1. The first-order valence-corrected chi connectivity index (χ1v) is 7.69. The fourth-order valence-electron chi connectivity index (χ4n) is 3.33. The van der Waals surface area contributed by atoms with E-state index in [0.717, 1.165) is 25.8 Å². The molecule has 1 fully saturated rings. The Morgan fingerprint density at radius 2 is 1.75 bits per heavy atom. The first-order chi connectivity index (χ1) is 9.31. The smallest absolute Gasteiger partial charge is 0.370 e. The maximum Gasteiger partial charge on any atom is 0.411 e. The van der Waals surface area contributed by atoms with Gasteiger partial charge in [-0.1, -0.05) is 20.8 Å². The molecule has 0 bridgehead atoms. The van der Waals surface area contributed by atoms with Crippen molar-refractivity contribution < 1.29 is 17.9 Å². The predicted octanol–water partition coefficient (Wildman–Crippen LogP) is 4.01. The highest BCUT2D eigenvalue weighted by Crippen LogP contribution is 2.34. The Kier molecular flexibility index (Phi) is 7.30. The van der Waals surface area contributed by atoms with Crippen molar-refractivity contribution in [2.75, 3.05) is 19.8 Å². The lowest BCUT2D eigenvalue weighted by Gasteiger charge is -2.37. The molecule has 0 aromatic rings. The number of rotatable bonds is 7. The van der Waals surface area contributed by atoms with Gasteiger partial charge in [-0.05, 0) is 50.0 Å². The van der Waals surface area contributed by atoms with Crippen molar-refractivity contribution in [1.82, 2.24) is 5.32 Å². The SMILES string of the molecule is CCCNC(COCC(F)(F)F)C1CC(C)CC(C)C1. The third-order valence-electron chi connectivity index (χ3n) is 4.00. The van der Waals surface area contributed by atoms with Crippen LogP contribution in [-0.4, -0.2) is 32.0 Å². The highest BCUT2D eigenvalue weighted by atomic mass is 19.4. The molecule has 2 nitrogen and oxygen atoms in total. The first-order valence-electron chi connectivity index (χ1n) is 7.69. The molecule has 1 N–H and O–H groups in total. The molecule has 1 aliphatic rings. The minimum atomic E-state index is -4.23. The van der Waals surface area contributed by atoms with Crippen LogP contribution < -0.4 is 5.32 Å². The van der Waals surface area contributed by atoms with Crippen LogP contribution in [0.3, 0.4) is 0 Å². The summed E-state index contributed by atoms with van der Waals surface area (Å²) in [6.45, 7) is 6.37. The monoisotopic (exact) mass is 295 g/mol. The third kappa shape index (κ3) is 6.93. The Bertz CT molecular complexity index is 260. The zero-order chi connectivity index (χ0) is 15.2. The van der Waals surface area contributed by atoms with Crippen molar-refractivity contribution in [1.29, 1.82) is 0 Å². The maximum atomic E-state index is 12.2. The van der Waals surface area contributed by atoms with Gasteiger partial charge in [0.05, 0.1) is 6.61 Å². The number of hydrogen-bond donors (Lipinski definition) is 1. The first kappa shape index (κ1) is 17.8. The summed E-state index contributed by atoms with van der Waals surface area (Å²) in [7, 11) is 0. The summed E-state index contributed by atoms with van der Waals surface area (Å²) in [5.41, 5.74) is 0. The normalized spacial score (nSPS) is 29.4. The molecule has 0 saturated heterocycles. The Morgan fingerprint density at radius 1 is 1.15 bits per heavy atom. The summed E-state index contributed by atoms with van der Waals surface area (Å²) >= 11 is 0. The molecule has 3 unspecified atom stereocenters.